The van der Waals surface area contributed by atoms with Gasteiger partial charge in [-0.25, -0.2) is 0 Å². The Morgan fingerprint density at radius 1 is 1.10 bits per heavy atom. The highest BCUT2D eigenvalue weighted by atomic mass is 16.2. The first-order valence-corrected chi connectivity index (χ1v) is 6.78. The predicted octanol–water partition coefficient (Wildman–Crippen LogP) is 2.63. The third kappa shape index (κ3) is 3.68. The molecule has 2 N–H and O–H groups in total. The molecule has 0 heterocycles. The van der Waals surface area contributed by atoms with Crippen molar-refractivity contribution in [3.63, 3.8) is 0 Å². The number of anilines is 1. The molecule has 0 saturated heterocycles. The normalized spacial score (nSPS) is 11.4. The van der Waals surface area contributed by atoms with Crippen LogP contribution in [0.5, 0.6) is 0 Å². The maximum atomic E-state index is 12.6. The minimum atomic E-state index is -0.731. The Hall–Kier alpha value is -2.64. The van der Waals surface area contributed by atoms with Gasteiger partial charge in [-0.3, -0.25) is 4.79 Å². The first kappa shape index (κ1) is 14.8. The number of nitrogens with zero attached hydrogens (tertiary/aromatic N) is 2. The summed E-state index contributed by atoms with van der Waals surface area (Å²) < 4.78 is 0. The molecule has 2 aromatic rings. The van der Waals surface area contributed by atoms with Gasteiger partial charge in [0, 0.05) is 12.2 Å². The lowest BCUT2D eigenvalue weighted by molar-refractivity contribution is -0.119. The Labute approximate surface area is 124 Å². The summed E-state index contributed by atoms with van der Waals surface area (Å²) in [4.78, 5) is 14.2. The summed E-state index contributed by atoms with van der Waals surface area (Å²) in [5.41, 5.74) is 7.59. The van der Waals surface area contributed by atoms with Crippen LogP contribution >= 0.6 is 0 Å². The number of amides is 1. The fourth-order valence-corrected chi connectivity index (χ4v) is 2.11. The number of carbonyl (C=O) groups excluding carboxylic acids is 1. The topological polar surface area (TPSA) is 70.1 Å². The van der Waals surface area contributed by atoms with Crippen molar-refractivity contribution in [1.29, 1.82) is 5.26 Å². The fourth-order valence-electron chi connectivity index (χ4n) is 2.11. The Morgan fingerprint density at radius 2 is 1.67 bits per heavy atom. The SMILES string of the molecule is N#CCCN(C(=O)[C@@H](N)c1ccccc1)c1ccccc1. The summed E-state index contributed by atoms with van der Waals surface area (Å²) in [6.45, 7) is 0.333. The Balaban J connectivity index is 2.24. The van der Waals surface area contributed by atoms with E-state index in [1.165, 1.54) is 0 Å². The van der Waals surface area contributed by atoms with Crippen LogP contribution in [0, 0.1) is 11.3 Å². The number of benzene rings is 2. The Morgan fingerprint density at radius 3 is 2.24 bits per heavy atom. The molecule has 21 heavy (non-hydrogen) atoms. The number of hydrogen-bond acceptors (Lipinski definition) is 3. The molecule has 1 amide bonds. The van der Waals surface area contributed by atoms with Crippen LogP contribution in [-0.2, 0) is 4.79 Å². The van der Waals surface area contributed by atoms with E-state index in [1.54, 1.807) is 4.90 Å². The van der Waals surface area contributed by atoms with Crippen LogP contribution in [0.15, 0.2) is 60.7 Å². The van der Waals surface area contributed by atoms with Crippen LogP contribution in [0.4, 0.5) is 5.69 Å². The van der Waals surface area contributed by atoms with Gasteiger partial charge in [0.25, 0.3) is 0 Å². The van der Waals surface area contributed by atoms with E-state index in [9.17, 15) is 4.79 Å². The van der Waals surface area contributed by atoms with Gasteiger partial charge >= 0.3 is 0 Å². The monoisotopic (exact) mass is 279 g/mol. The van der Waals surface area contributed by atoms with Gasteiger partial charge in [-0.05, 0) is 17.7 Å². The van der Waals surface area contributed by atoms with E-state index in [1.807, 2.05) is 60.7 Å². The van der Waals surface area contributed by atoms with Gasteiger partial charge in [-0.15, -0.1) is 0 Å². The van der Waals surface area contributed by atoms with Gasteiger partial charge in [0.1, 0.15) is 6.04 Å². The largest absolute Gasteiger partial charge is 0.316 e. The van der Waals surface area contributed by atoms with Crippen molar-refractivity contribution < 1.29 is 4.79 Å². The van der Waals surface area contributed by atoms with Gasteiger partial charge in [0.05, 0.1) is 12.5 Å². The second-order valence-electron chi connectivity index (χ2n) is 4.62. The smallest absolute Gasteiger partial charge is 0.248 e. The Bertz CT molecular complexity index is 619. The average molecular weight is 279 g/mol. The molecule has 0 aliphatic heterocycles. The molecular formula is C17H17N3O. The lowest BCUT2D eigenvalue weighted by Crippen LogP contribution is -2.39. The van der Waals surface area contributed by atoms with Crippen molar-refractivity contribution in [3.05, 3.63) is 66.2 Å². The van der Waals surface area contributed by atoms with E-state index in [0.717, 1.165) is 11.3 Å². The highest BCUT2D eigenvalue weighted by Crippen LogP contribution is 2.19. The fraction of sp³-hybridized carbons (Fsp3) is 0.176. The zero-order chi connectivity index (χ0) is 15.1. The van der Waals surface area contributed by atoms with Crippen LogP contribution in [0.25, 0.3) is 0 Å². The second-order valence-corrected chi connectivity index (χ2v) is 4.62. The maximum absolute atomic E-state index is 12.6. The zero-order valence-corrected chi connectivity index (χ0v) is 11.6. The van der Waals surface area contributed by atoms with E-state index in [-0.39, 0.29) is 12.3 Å². The molecule has 0 spiro atoms. The van der Waals surface area contributed by atoms with E-state index in [0.29, 0.717) is 6.54 Å². The molecule has 4 nitrogen and oxygen atoms in total. The van der Waals surface area contributed by atoms with Crippen molar-refractivity contribution >= 4 is 11.6 Å². The van der Waals surface area contributed by atoms with E-state index in [2.05, 4.69) is 6.07 Å². The van der Waals surface area contributed by atoms with Crippen molar-refractivity contribution in [3.8, 4) is 6.07 Å². The van der Waals surface area contributed by atoms with Crippen molar-refractivity contribution in [2.24, 2.45) is 5.73 Å². The summed E-state index contributed by atoms with van der Waals surface area (Å²) in [5, 5.41) is 8.78. The molecule has 4 heteroatoms. The minimum absolute atomic E-state index is 0.206. The number of rotatable bonds is 5. The third-order valence-electron chi connectivity index (χ3n) is 3.21. The summed E-state index contributed by atoms with van der Waals surface area (Å²) in [6, 6.07) is 19.9. The number of para-hydroxylation sites is 1. The van der Waals surface area contributed by atoms with Crippen molar-refractivity contribution in [1.82, 2.24) is 0 Å². The molecule has 0 aliphatic rings. The molecule has 0 aromatic heterocycles. The number of nitriles is 1. The van der Waals surface area contributed by atoms with Gasteiger partial charge in [-0.1, -0.05) is 48.5 Å². The number of nitrogens with two attached hydrogens (primary N) is 1. The van der Waals surface area contributed by atoms with Crippen molar-refractivity contribution in [2.75, 3.05) is 11.4 Å². The van der Waals surface area contributed by atoms with Crippen LogP contribution in [0.2, 0.25) is 0 Å². The van der Waals surface area contributed by atoms with Crippen molar-refractivity contribution in [2.45, 2.75) is 12.5 Å². The van der Waals surface area contributed by atoms with E-state index >= 15 is 0 Å². The zero-order valence-electron chi connectivity index (χ0n) is 11.6. The summed E-state index contributed by atoms with van der Waals surface area (Å²) in [5.74, 6) is -0.206. The third-order valence-corrected chi connectivity index (χ3v) is 3.21. The quantitative estimate of drug-likeness (QED) is 0.914. The standard InChI is InChI=1S/C17H17N3O/c18-12-7-13-20(15-10-5-2-6-11-15)17(21)16(19)14-8-3-1-4-9-14/h1-6,8-11,16H,7,13,19H2/t16-/m0/s1. The predicted molar refractivity (Wildman–Crippen MR) is 82.4 cm³/mol. The highest BCUT2D eigenvalue weighted by molar-refractivity contribution is 5.97. The molecule has 2 rings (SSSR count). The first-order chi connectivity index (χ1) is 10.2. The lowest BCUT2D eigenvalue weighted by Gasteiger charge is -2.25. The van der Waals surface area contributed by atoms with Gasteiger partial charge < -0.3 is 10.6 Å². The van der Waals surface area contributed by atoms with Gasteiger partial charge in [0.15, 0.2) is 0 Å². The first-order valence-electron chi connectivity index (χ1n) is 6.78. The van der Waals surface area contributed by atoms with E-state index < -0.39 is 6.04 Å². The summed E-state index contributed by atoms with van der Waals surface area (Å²) in [7, 11) is 0. The highest BCUT2D eigenvalue weighted by Gasteiger charge is 2.23. The molecule has 1 atom stereocenters. The molecule has 0 unspecified atom stereocenters. The second kappa shape index (κ2) is 7.22. The molecular weight excluding hydrogens is 262 g/mol. The van der Waals surface area contributed by atoms with Gasteiger partial charge in [-0.2, -0.15) is 5.26 Å². The summed E-state index contributed by atoms with van der Waals surface area (Å²) >= 11 is 0. The molecule has 0 fully saturated rings. The average Bonchev–Trinajstić information content (AvgIpc) is 2.56. The Kier molecular flexibility index (Phi) is 5.08. The molecule has 0 aliphatic carbocycles. The van der Waals surface area contributed by atoms with Gasteiger partial charge in [0.2, 0.25) is 5.91 Å². The number of hydrogen-bond donors (Lipinski definition) is 1. The molecule has 0 radical (unpaired) electrons. The minimum Gasteiger partial charge on any atom is -0.316 e. The molecule has 106 valence electrons. The molecule has 0 saturated carbocycles. The molecule has 0 bridgehead atoms. The molecule has 2 aromatic carbocycles. The van der Waals surface area contributed by atoms with E-state index in [4.69, 9.17) is 11.0 Å². The maximum Gasteiger partial charge on any atom is 0.248 e. The van der Waals surface area contributed by atoms with Crippen LogP contribution in [-0.4, -0.2) is 12.5 Å². The van der Waals surface area contributed by atoms with Crippen LogP contribution < -0.4 is 10.6 Å². The van der Waals surface area contributed by atoms with Crippen LogP contribution in [0.1, 0.15) is 18.0 Å². The van der Waals surface area contributed by atoms with Crippen LogP contribution in [0.3, 0.4) is 0 Å². The number of carbonyl (C=O) groups is 1. The summed E-state index contributed by atoms with van der Waals surface area (Å²) in [6.07, 6.45) is 0.266. The lowest BCUT2D eigenvalue weighted by atomic mass is 10.1.